The Bertz CT molecular complexity index is 560. The molecule has 0 radical (unpaired) electrons. The van der Waals surface area contributed by atoms with Gasteiger partial charge in [-0.1, -0.05) is 6.92 Å². The Balaban J connectivity index is 6.18. The standard InChI is InChI=1S/C24H48O11/c1-4-24(2,3)23(34)35-22(14-33)21(13-32)20(12-31)19(11-30)18(10-29)17(9-28)16(8-27)15(7-26)5-6-25/h15-22,25-33H,4-14H2,1-3H3. The summed E-state index contributed by atoms with van der Waals surface area (Å²) in [6.45, 7) is 0.480. The fraction of sp³-hybridized carbons (Fsp3) is 0.958. The van der Waals surface area contributed by atoms with Crippen LogP contribution in [0.1, 0.15) is 33.6 Å². The highest BCUT2D eigenvalue weighted by Gasteiger charge is 2.44. The Kier molecular flexibility index (Phi) is 17.1. The molecule has 11 heteroatoms. The van der Waals surface area contributed by atoms with Crippen molar-refractivity contribution in [3.8, 4) is 0 Å². The first-order valence-corrected chi connectivity index (χ1v) is 12.3. The minimum Gasteiger partial charge on any atom is -0.459 e. The molecule has 8 unspecified atom stereocenters. The zero-order valence-electron chi connectivity index (χ0n) is 21.2. The number of aliphatic hydroxyl groups excluding tert-OH is 9. The van der Waals surface area contributed by atoms with E-state index in [1.807, 2.05) is 0 Å². The molecule has 0 heterocycles. The Labute approximate surface area is 208 Å². The van der Waals surface area contributed by atoms with Crippen molar-refractivity contribution in [2.24, 2.45) is 46.8 Å². The molecule has 210 valence electrons. The molecule has 0 saturated heterocycles. The molecule has 0 aliphatic carbocycles. The number of hydrogen-bond donors (Lipinski definition) is 9. The zero-order chi connectivity index (χ0) is 27.2. The third-order valence-electron chi connectivity index (χ3n) is 7.71. The van der Waals surface area contributed by atoms with Gasteiger partial charge < -0.3 is 50.7 Å². The molecule has 0 aliphatic heterocycles. The number of carbonyl (C=O) groups excluding carboxylic acids is 1. The Morgan fingerprint density at radius 3 is 1.34 bits per heavy atom. The molecule has 0 aliphatic rings. The molecule has 8 atom stereocenters. The number of hydrogen-bond acceptors (Lipinski definition) is 11. The molecule has 0 spiro atoms. The van der Waals surface area contributed by atoms with Crippen LogP contribution < -0.4 is 0 Å². The van der Waals surface area contributed by atoms with E-state index in [0.29, 0.717) is 6.42 Å². The summed E-state index contributed by atoms with van der Waals surface area (Å²) in [4.78, 5) is 12.6. The lowest BCUT2D eigenvalue weighted by Gasteiger charge is -2.43. The molecule has 0 aromatic rings. The van der Waals surface area contributed by atoms with Crippen molar-refractivity contribution in [1.82, 2.24) is 0 Å². The Morgan fingerprint density at radius 1 is 0.629 bits per heavy atom. The smallest absolute Gasteiger partial charge is 0.311 e. The lowest BCUT2D eigenvalue weighted by molar-refractivity contribution is -0.170. The third kappa shape index (κ3) is 9.17. The SMILES string of the molecule is CCC(C)(C)C(=O)OC(CO)C(CO)C(CO)C(CO)C(CO)C(CO)C(CO)C(CO)CCO. The van der Waals surface area contributed by atoms with Crippen LogP contribution in [0.25, 0.3) is 0 Å². The van der Waals surface area contributed by atoms with Gasteiger partial charge in [0.05, 0.1) is 12.0 Å². The van der Waals surface area contributed by atoms with Crippen LogP contribution in [0.5, 0.6) is 0 Å². The summed E-state index contributed by atoms with van der Waals surface area (Å²) in [5.74, 6) is -6.59. The maximum absolute atomic E-state index is 12.6. The van der Waals surface area contributed by atoms with Gasteiger partial charge in [-0.05, 0) is 62.2 Å². The van der Waals surface area contributed by atoms with Crippen LogP contribution in [0.2, 0.25) is 0 Å². The van der Waals surface area contributed by atoms with Gasteiger partial charge in [0.1, 0.15) is 6.10 Å². The fourth-order valence-corrected chi connectivity index (χ4v) is 4.82. The molecule has 9 N–H and O–H groups in total. The van der Waals surface area contributed by atoms with Crippen LogP contribution in [-0.4, -0.2) is 117 Å². The maximum atomic E-state index is 12.6. The quantitative estimate of drug-likeness (QED) is 0.0812. The number of ether oxygens (including phenoxy) is 1. The molecular weight excluding hydrogens is 464 g/mol. The number of aliphatic hydroxyl groups is 9. The van der Waals surface area contributed by atoms with E-state index in [9.17, 15) is 50.8 Å². The molecule has 0 bridgehead atoms. The third-order valence-corrected chi connectivity index (χ3v) is 7.71. The second kappa shape index (κ2) is 17.5. The van der Waals surface area contributed by atoms with Gasteiger partial charge >= 0.3 is 5.97 Å². The Hall–Kier alpha value is -0.890. The van der Waals surface area contributed by atoms with Gasteiger partial charge in [0.2, 0.25) is 0 Å². The second-order valence-electron chi connectivity index (χ2n) is 9.90. The van der Waals surface area contributed by atoms with E-state index >= 15 is 0 Å². The van der Waals surface area contributed by atoms with Crippen LogP contribution in [0, 0.1) is 46.8 Å². The van der Waals surface area contributed by atoms with Gasteiger partial charge in [-0.25, -0.2) is 0 Å². The predicted molar refractivity (Wildman–Crippen MR) is 127 cm³/mol. The minimum atomic E-state index is -1.20. The van der Waals surface area contributed by atoms with Crippen LogP contribution >= 0.6 is 0 Å². The lowest BCUT2D eigenvalue weighted by Crippen LogP contribution is -2.49. The molecule has 0 amide bonds. The van der Waals surface area contributed by atoms with Gasteiger partial charge in [-0.3, -0.25) is 4.79 Å². The number of rotatable bonds is 20. The topological polar surface area (TPSA) is 208 Å². The molecule has 11 nitrogen and oxygen atoms in total. The highest BCUT2D eigenvalue weighted by molar-refractivity contribution is 5.76. The van der Waals surface area contributed by atoms with Crippen LogP contribution in [0.15, 0.2) is 0 Å². The summed E-state index contributed by atoms with van der Waals surface area (Å²) in [7, 11) is 0. The number of carbonyl (C=O) groups is 1. The average molecular weight is 513 g/mol. The first kappa shape index (κ1) is 34.1. The van der Waals surface area contributed by atoms with E-state index in [0.717, 1.165) is 0 Å². The summed E-state index contributed by atoms with van der Waals surface area (Å²) >= 11 is 0. The van der Waals surface area contributed by atoms with Crippen molar-refractivity contribution < 1.29 is 55.5 Å². The van der Waals surface area contributed by atoms with Crippen LogP contribution in [0.3, 0.4) is 0 Å². The van der Waals surface area contributed by atoms with Gasteiger partial charge in [0.15, 0.2) is 0 Å². The van der Waals surface area contributed by atoms with Gasteiger partial charge in [-0.2, -0.15) is 0 Å². The fourth-order valence-electron chi connectivity index (χ4n) is 4.82. The molecule has 0 aromatic carbocycles. The summed E-state index contributed by atoms with van der Waals surface area (Å²) in [6, 6.07) is 0. The van der Waals surface area contributed by atoms with Crippen LogP contribution in [0.4, 0.5) is 0 Å². The van der Waals surface area contributed by atoms with Gasteiger partial charge in [0.25, 0.3) is 0 Å². The Morgan fingerprint density at radius 2 is 1.03 bits per heavy atom. The summed E-state index contributed by atoms with van der Waals surface area (Å²) in [5, 5.41) is 90.1. The lowest BCUT2D eigenvalue weighted by atomic mass is 9.65. The van der Waals surface area contributed by atoms with Crippen molar-refractivity contribution >= 4 is 5.97 Å². The highest BCUT2D eigenvalue weighted by Crippen LogP contribution is 2.39. The van der Waals surface area contributed by atoms with Gasteiger partial charge in [-0.15, -0.1) is 0 Å². The molecule has 0 saturated carbocycles. The normalized spacial score (nSPS) is 19.3. The van der Waals surface area contributed by atoms with E-state index in [4.69, 9.17) is 4.74 Å². The maximum Gasteiger partial charge on any atom is 0.311 e. The second-order valence-corrected chi connectivity index (χ2v) is 9.90. The highest BCUT2D eigenvalue weighted by atomic mass is 16.6. The van der Waals surface area contributed by atoms with Crippen molar-refractivity contribution in [3.05, 3.63) is 0 Å². The van der Waals surface area contributed by atoms with E-state index in [2.05, 4.69) is 0 Å². The summed E-state index contributed by atoms with van der Waals surface area (Å²) in [5.41, 5.74) is -0.853. The predicted octanol–water partition coefficient (Wildman–Crippen LogP) is -2.03. The van der Waals surface area contributed by atoms with E-state index < -0.39 is 105 Å². The van der Waals surface area contributed by atoms with E-state index in [1.165, 1.54) is 0 Å². The summed E-state index contributed by atoms with van der Waals surface area (Å²) in [6.07, 6.45) is -0.605. The first-order valence-electron chi connectivity index (χ1n) is 12.3. The monoisotopic (exact) mass is 512 g/mol. The molecule has 0 rings (SSSR count). The van der Waals surface area contributed by atoms with Crippen molar-refractivity contribution in [2.45, 2.75) is 39.7 Å². The molecule has 0 aromatic heterocycles. The largest absolute Gasteiger partial charge is 0.459 e. The minimum absolute atomic E-state index is 0.138. The molecule has 0 fully saturated rings. The van der Waals surface area contributed by atoms with Crippen molar-refractivity contribution in [1.29, 1.82) is 0 Å². The van der Waals surface area contributed by atoms with Gasteiger partial charge in [0, 0.05) is 58.8 Å². The first-order chi connectivity index (χ1) is 16.6. The molecule has 35 heavy (non-hydrogen) atoms. The zero-order valence-corrected chi connectivity index (χ0v) is 21.2. The summed E-state index contributed by atoms with van der Waals surface area (Å²) < 4.78 is 5.49. The number of esters is 1. The average Bonchev–Trinajstić information content (AvgIpc) is 2.87. The van der Waals surface area contributed by atoms with E-state index in [1.54, 1.807) is 20.8 Å². The molecular formula is C24H48O11. The van der Waals surface area contributed by atoms with Crippen molar-refractivity contribution in [3.63, 3.8) is 0 Å². The van der Waals surface area contributed by atoms with Crippen molar-refractivity contribution in [2.75, 3.05) is 59.5 Å². The van der Waals surface area contributed by atoms with E-state index in [-0.39, 0.29) is 19.6 Å². The van der Waals surface area contributed by atoms with Crippen LogP contribution in [-0.2, 0) is 9.53 Å².